The number of imidazole rings is 1. The molecule has 0 bridgehead atoms. The maximum Gasteiger partial charge on any atom is 0.178 e. The van der Waals surface area contributed by atoms with Gasteiger partial charge in [-0.3, -0.25) is 0 Å². The lowest BCUT2D eigenvalue weighted by Gasteiger charge is -2.07. The molecule has 0 aliphatic rings. The van der Waals surface area contributed by atoms with Crippen molar-refractivity contribution in [3.05, 3.63) is 41.1 Å². The summed E-state index contributed by atoms with van der Waals surface area (Å²) in [7, 11) is 0. The molecule has 3 N–H and O–H groups in total. The van der Waals surface area contributed by atoms with Crippen LogP contribution in [0.5, 0.6) is 0 Å². The molecule has 3 aromatic rings. The van der Waals surface area contributed by atoms with Crippen LogP contribution < -0.4 is 5.73 Å². The van der Waals surface area contributed by atoms with E-state index in [4.69, 9.17) is 5.73 Å². The Balaban J connectivity index is 2.24. The van der Waals surface area contributed by atoms with Gasteiger partial charge in [-0.05, 0) is 55.7 Å². The molecule has 2 aromatic heterocycles. The average molecular weight is 252 g/mol. The van der Waals surface area contributed by atoms with Gasteiger partial charge in [0.25, 0.3) is 0 Å². The molecule has 19 heavy (non-hydrogen) atoms. The van der Waals surface area contributed by atoms with Gasteiger partial charge in [0.2, 0.25) is 0 Å². The second kappa shape index (κ2) is 4.09. The van der Waals surface area contributed by atoms with Crippen molar-refractivity contribution < 1.29 is 0 Å². The third-order valence-corrected chi connectivity index (χ3v) is 3.42. The largest absolute Gasteiger partial charge is 0.399 e. The van der Waals surface area contributed by atoms with E-state index >= 15 is 0 Å². The van der Waals surface area contributed by atoms with Crippen molar-refractivity contribution >= 4 is 16.9 Å². The van der Waals surface area contributed by atoms with E-state index in [2.05, 4.69) is 28.8 Å². The number of H-pyrrole nitrogens is 1. The van der Waals surface area contributed by atoms with Gasteiger partial charge in [-0.2, -0.15) is 0 Å². The van der Waals surface area contributed by atoms with Gasteiger partial charge >= 0.3 is 0 Å². The lowest BCUT2D eigenvalue weighted by Crippen LogP contribution is -1.93. The van der Waals surface area contributed by atoms with E-state index in [1.54, 1.807) is 0 Å². The molecule has 0 aliphatic carbocycles. The van der Waals surface area contributed by atoms with Crippen LogP contribution in [0.25, 0.3) is 22.6 Å². The summed E-state index contributed by atoms with van der Waals surface area (Å²) in [5.41, 5.74) is 12.9. The molecule has 0 aliphatic heterocycles. The number of benzene rings is 1. The van der Waals surface area contributed by atoms with Gasteiger partial charge in [0.05, 0.1) is 5.52 Å². The number of nitrogen functional groups attached to an aromatic ring is 1. The number of nitrogens with zero attached hydrogens (tertiary/aromatic N) is 2. The summed E-state index contributed by atoms with van der Waals surface area (Å²) in [4.78, 5) is 12.2. The molecule has 0 saturated heterocycles. The Bertz CT molecular complexity index is 771. The molecular formula is C15H16N4. The molecular weight excluding hydrogens is 236 g/mol. The lowest BCUT2D eigenvalue weighted by atomic mass is 10.0. The second-order valence-corrected chi connectivity index (χ2v) is 4.98. The first kappa shape index (κ1) is 11.7. The molecule has 4 nitrogen and oxygen atoms in total. The van der Waals surface area contributed by atoms with Crippen molar-refractivity contribution in [2.24, 2.45) is 0 Å². The fraction of sp³-hybridized carbons (Fsp3) is 0.200. The standard InChI is InChI=1S/C15H16N4/c1-8-4-13-15(17-7-8)19-14(18-13)12-6-11(16)5-9(2)10(12)3/h4-7H,16H2,1-3H3,(H,17,18,19). The Morgan fingerprint density at radius 2 is 1.89 bits per heavy atom. The second-order valence-electron chi connectivity index (χ2n) is 4.98. The van der Waals surface area contributed by atoms with E-state index in [0.29, 0.717) is 0 Å². The Kier molecular flexibility index (Phi) is 2.52. The van der Waals surface area contributed by atoms with Crippen molar-refractivity contribution in [2.75, 3.05) is 5.73 Å². The third-order valence-electron chi connectivity index (χ3n) is 3.42. The van der Waals surface area contributed by atoms with E-state index in [1.165, 1.54) is 11.1 Å². The minimum Gasteiger partial charge on any atom is -0.399 e. The van der Waals surface area contributed by atoms with Crippen molar-refractivity contribution in [3.63, 3.8) is 0 Å². The minimum absolute atomic E-state index is 0.736. The van der Waals surface area contributed by atoms with Crippen LogP contribution in [-0.4, -0.2) is 15.0 Å². The van der Waals surface area contributed by atoms with E-state index < -0.39 is 0 Å². The van der Waals surface area contributed by atoms with E-state index in [0.717, 1.165) is 33.8 Å². The summed E-state index contributed by atoms with van der Waals surface area (Å²) in [5, 5.41) is 0. The van der Waals surface area contributed by atoms with Gasteiger partial charge in [0.1, 0.15) is 5.82 Å². The van der Waals surface area contributed by atoms with Crippen LogP contribution >= 0.6 is 0 Å². The van der Waals surface area contributed by atoms with Crippen LogP contribution in [0.15, 0.2) is 24.4 Å². The molecule has 0 fully saturated rings. The number of aromatic amines is 1. The molecule has 0 unspecified atom stereocenters. The van der Waals surface area contributed by atoms with Crippen molar-refractivity contribution in [1.82, 2.24) is 15.0 Å². The predicted octanol–water partition coefficient (Wildman–Crippen LogP) is 3.13. The molecule has 0 amide bonds. The molecule has 4 heteroatoms. The zero-order chi connectivity index (χ0) is 13.6. The third kappa shape index (κ3) is 1.95. The van der Waals surface area contributed by atoms with Gasteiger partial charge in [-0.1, -0.05) is 0 Å². The van der Waals surface area contributed by atoms with Crippen LogP contribution in [0, 0.1) is 20.8 Å². The van der Waals surface area contributed by atoms with Gasteiger partial charge in [0, 0.05) is 17.4 Å². The van der Waals surface area contributed by atoms with Crippen molar-refractivity contribution in [2.45, 2.75) is 20.8 Å². The van der Waals surface area contributed by atoms with Gasteiger partial charge in [-0.15, -0.1) is 0 Å². The molecule has 3 rings (SSSR count). The Labute approximate surface area is 111 Å². The number of rotatable bonds is 1. The summed E-state index contributed by atoms with van der Waals surface area (Å²) < 4.78 is 0. The van der Waals surface area contributed by atoms with Gasteiger partial charge < -0.3 is 10.7 Å². The Morgan fingerprint density at radius 3 is 2.68 bits per heavy atom. The van der Waals surface area contributed by atoms with Crippen LogP contribution in [0.1, 0.15) is 16.7 Å². The van der Waals surface area contributed by atoms with E-state index in [1.807, 2.05) is 31.3 Å². The summed E-state index contributed by atoms with van der Waals surface area (Å²) in [6.07, 6.45) is 1.82. The Hall–Kier alpha value is -2.36. The number of fused-ring (bicyclic) bond motifs is 1. The van der Waals surface area contributed by atoms with Gasteiger partial charge in [-0.25, -0.2) is 9.97 Å². The number of pyridine rings is 1. The highest BCUT2D eigenvalue weighted by atomic mass is 15.0. The summed E-state index contributed by atoms with van der Waals surface area (Å²) in [6.45, 7) is 6.15. The molecule has 0 saturated carbocycles. The monoisotopic (exact) mass is 252 g/mol. The summed E-state index contributed by atoms with van der Waals surface area (Å²) in [6, 6.07) is 5.98. The maximum absolute atomic E-state index is 5.93. The number of anilines is 1. The average Bonchev–Trinajstić information content (AvgIpc) is 2.76. The molecule has 0 atom stereocenters. The fourth-order valence-corrected chi connectivity index (χ4v) is 2.27. The van der Waals surface area contributed by atoms with Crippen molar-refractivity contribution in [1.29, 1.82) is 0 Å². The van der Waals surface area contributed by atoms with Crippen LogP contribution in [0.3, 0.4) is 0 Å². The van der Waals surface area contributed by atoms with Crippen LogP contribution in [0.4, 0.5) is 5.69 Å². The highest BCUT2D eigenvalue weighted by Gasteiger charge is 2.11. The van der Waals surface area contributed by atoms with Crippen LogP contribution in [-0.2, 0) is 0 Å². The molecule has 96 valence electrons. The molecule has 0 radical (unpaired) electrons. The smallest absolute Gasteiger partial charge is 0.178 e. The highest BCUT2D eigenvalue weighted by Crippen LogP contribution is 2.27. The normalized spacial score (nSPS) is 11.1. The minimum atomic E-state index is 0.736. The molecule has 1 aromatic carbocycles. The van der Waals surface area contributed by atoms with Crippen molar-refractivity contribution in [3.8, 4) is 11.4 Å². The number of nitrogens with one attached hydrogen (secondary N) is 1. The SMILES string of the molecule is Cc1cnc2nc(-c3cc(N)cc(C)c3C)[nH]c2c1. The maximum atomic E-state index is 5.93. The summed E-state index contributed by atoms with van der Waals surface area (Å²) >= 11 is 0. The first-order chi connectivity index (χ1) is 9.04. The lowest BCUT2D eigenvalue weighted by molar-refractivity contribution is 1.26. The zero-order valence-corrected chi connectivity index (χ0v) is 11.3. The van der Waals surface area contributed by atoms with Crippen LogP contribution in [0.2, 0.25) is 0 Å². The number of aryl methyl sites for hydroxylation is 2. The number of aromatic nitrogens is 3. The van der Waals surface area contributed by atoms with E-state index in [-0.39, 0.29) is 0 Å². The molecule has 0 spiro atoms. The summed E-state index contributed by atoms with van der Waals surface area (Å²) in [5.74, 6) is 0.820. The number of nitrogens with two attached hydrogens (primary N) is 1. The topological polar surface area (TPSA) is 67.6 Å². The molecule has 2 heterocycles. The zero-order valence-electron chi connectivity index (χ0n) is 11.3. The highest BCUT2D eigenvalue weighted by molar-refractivity contribution is 5.78. The van der Waals surface area contributed by atoms with E-state index in [9.17, 15) is 0 Å². The quantitative estimate of drug-likeness (QED) is 0.654. The predicted molar refractivity (Wildman–Crippen MR) is 77.9 cm³/mol. The van der Waals surface area contributed by atoms with Gasteiger partial charge in [0.15, 0.2) is 5.65 Å². The fourth-order valence-electron chi connectivity index (χ4n) is 2.27. The first-order valence-corrected chi connectivity index (χ1v) is 6.24. The first-order valence-electron chi connectivity index (χ1n) is 6.24. The Morgan fingerprint density at radius 1 is 1.11 bits per heavy atom. The number of hydrogen-bond acceptors (Lipinski definition) is 3. The number of hydrogen-bond donors (Lipinski definition) is 2.